The number of hydrogen-bond donors (Lipinski definition) is 2. The zero-order chi connectivity index (χ0) is 26.3. The molecule has 2 N–H and O–H groups in total. The molecule has 1 saturated heterocycles. The van der Waals surface area contributed by atoms with E-state index in [0.29, 0.717) is 10.1 Å². The van der Waals surface area contributed by atoms with Crippen molar-refractivity contribution in [2.75, 3.05) is 10.2 Å². The average molecular weight is 530 g/mol. The molecular weight excluding hydrogens is 502 g/mol. The Morgan fingerprint density at radius 1 is 1.00 bits per heavy atom. The molecule has 5 rings (SSSR count). The molecule has 6 nitrogen and oxygen atoms in total. The highest BCUT2D eigenvalue weighted by molar-refractivity contribution is 7.80. The van der Waals surface area contributed by atoms with E-state index in [0.717, 1.165) is 34.1 Å². The van der Waals surface area contributed by atoms with Gasteiger partial charge in [-0.05, 0) is 93.1 Å². The highest BCUT2D eigenvalue weighted by Crippen LogP contribution is 2.45. The molecule has 0 bridgehead atoms. The molecule has 1 fully saturated rings. The summed E-state index contributed by atoms with van der Waals surface area (Å²) in [7, 11) is 0. The van der Waals surface area contributed by atoms with E-state index in [2.05, 4.69) is 51.9 Å². The second-order valence-corrected chi connectivity index (χ2v) is 10.1. The van der Waals surface area contributed by atoms with Crippen LogP contribution in [0.1, 0.15) is 47.2 Å². The predicted molar refractivity (Wildman–Crippen MR) is 154 cm³/mol. The third-order valence-electron chi connectivity index (χ3n) is 6.93. The van der Waals surface area contributed by atoms with E-state index >= 15 is 0 Å². The monoisotopic (exact) mass is 529 g/mol. The van der Waals surface area contributed by atoms with Crippen LogP contribution in [0.4, 0.5) is 11.4 Å². The van der Waals surface area contributed by atoms with E-state index in [1.165, 1.54) is 18.1 Å². The number of carbonyl (C=O) groups is 1. The van der Waals surface area contributed by atoms with Crippen molar-refractivity contribution in [1.82, 2.24) is 14.9 Å². The van der Waals surface area contributed by atoms with Crippen molar-refractivity contribution in [2.45, 2.75) is 39.8 Å². The van der Waals surface area contributed by atoms with Gasteiger partial charge in [0.2, 0.25) is 5.91 Å². The maximum absolute atomic E-state index is 11.5. The number of anilines is 2. The number of thiocarbonyl (C=S) groups is 1. The summed E-state index contributed by atoms with van der Waals surface area (Å²) < 4.78 is 2.26. The topological polar surface area (TPSA) is 62.2 Å². The van der Waals surface area contributed by atoms with Gasteiger partial charge in [0.05, 0.1) is 17.8 Å². The summed E-state index contributed by atoms with van der Waals surface area (Å²) in [6.07, 6.45) is 1.81. The molecule has 0 aliphatic carbocycles. The lowest BCUT2D eigenvalue weighted by molar-refractivity contribution is -0.114. The van der Waals surface area contributed by atoms with E-state index in [1.54, 1.807) is 0 Å². The molecule has 0 saturated carbocycles. The van der Waals surface area contributed by atoms with Crippen molar-refractivity contribution >= 4 is 46.2 Å². The summed E-state index contributed by atoms with van der Waals surface area (Å²) in [5.74, 6) is -0.108. The number of carbonyl (C=O) groups excluding carboxylic acids is 1. The Kier molecular flexibility index (Phi) is 6.75. The first kappa shape index (κ1) is 25.0. The van der Waals surface area contributed by atoms with Gasteiger partial charge in [0, 0.05) is 52.2 Å². The van der Waals surface area contributed by atoms with Gasteiger partial charge in [-0.2, -0.15) is 0 Å². The summed E-state index contributed by atoms with van der Waals surface area (Å²) in [6.45, 7) is 7.94. The second-order valence-electron chi connectivity index (χ2n) is 9.25. The Morgan fingerprint density at radius 2 is 1.76 bits per heavy atom. The molecule has 4 aromatic rings. The summed E-state index contributed by atoms with van der Waals surface area (Å²) in [6, 6.07) is 21.3. The van der Waals surface area contributed by atoms with E-state index in [4.69, 9.17) is 23.8 Å². The molecule has 3 heterocycles. The maximum Gasteiger partial charge on any atom is 0.221 e. The molecule has 1 aliphatic heterocycles. The number of hydrogen-bond acceptors (Lipinski definition) is 3. The standard InChI is InChI=1S/C29H28ClN5OS/c1-17-18(2)34(24-9-7-8-21(30)16-24)19(3)26(17)28-27(25-10-5-6-15-31-25)33-29(37)35(28)23-13-11-22(12-14-23)32-20(4)36/h5-16,27-28H,1-4H3,(H,32,36)(H,33,37)/t27-,28+/m1/s1. The molecular formula is C29H28ClN5OS. The van der Waals surface area contributed by atoms with Crippen LogP contribution < -0.4 is 15.5 Å². The SMILES string of the molecule is CC(=O)Nc1ccc(N2C(=S)N[C@H](c3ccccn3)[C@@H]2c2c(C)c(C)n(-c3cccc(Cl)c3)c2C)cc1. The second kappa shape index (κ2) is 10.00. The average Bonchev–Trinajstić information content (AvgIpc) is 3.32. The minimum absolute atomic E-state index is 0.108. The van der Waals surface area contributed by atoms with E-state index in [1.807, 2.05) is 66.9 Å². The van der Waals surface area contributed by atoms with Crippen molar-refractivity contribution in [2.24, 2.45) is 0 Å². The highest BCUT2D eigenvalue weighted by Gasteiger charge is 2.43. The van der Waals surface area contributed by atoms with Crippen molar-refractivity contribution in [3.63, 3.8) is 0 Å². The molecule has 2 aromatic heterocycles. The summed E-state index contributed by atoms with van der Waals surface area (Å²) in [4.78, 5) is 18.4. The smallest absolute Gasteiger partial charge is 0.221 e. The summed E-state index contributed by atoms with van der Waals surface area (Å²) >= 11 is 12.3. The Morgan fingerprint density at radius 3 is 2.41 bits per heavy atom. The van der Waals surface area contributed by atoms with Crippen molar-refractivity contribution in [3.8, 4) is 5.69 Å². The van der Waals surface area contributed by atoms with Gasteiger partial charge in [-0.15, -0.1) is 0 Å². The largest absolute Gasteiger partial charge is 0.351 e. The van der Waals surface area contributed by atoms with Crippen LogP contribution in [0.5, 0.6) is 0 Å². The fourth-order valence-electron chi connectivity index (χ4n) is 5.28. The first-order valence-corrected chi connectivity index (χ1v) is 12.9. The fraction of sp³-hybridized carbons (Fsp3) is 0.207. The molecule has 2 aromatic carbocycles. The highest BCUT2D eigenvalue weighted by atomic mass is 35.5. The predicted octanol–water partition coefficient (Wildman–Crippen LogP) is 6.59. The van der Waals surface area contributed by atoms with Crippen LogP contribution in [0.3, 0.4) is 0 Å². The van der Waals surface area contributed by atoms with Crippen LogP contribution in [0.2, 0.25) is 5.02 Å². The van der Waals surface area contributed by atoms with Crippen molar-refractivity contribution in [3.05, 3.63) is 106 Å². The Labute approximate surface area is 227 Å². The van der Waals surface area contributed by atoms with Gasteiger partial charge in [0.1, 0.15) is 0 Å². The lowest BCUT2D eigenvalue weighted by Gasteiger charge is -2.29. The quantitative estimate of drug-likeness (QED) is 0.286. The Hall–Kier alpha value is -3.68. The molecule has 0 unspecified atom stereocenters. The van der Waals surface area contributed by atoms with Gasteiger partial charge in [0.25, 0.3) is 0 Å². The van der Waals surface area contributed by atoms with Crippen LogP contribution in [0.25, 0.3) is 5.69 Å². The van der Waals surface area contributed by atoms with E-state index < -0.39 is 0 Å². The zero-order valence-electron chi connectivity index (χ0n) is 21.1. The minimum atomic E-state index is -0.157. The minimum Gasteiger partial charge on any atom is -0.351 e. The number of nitrogens with zero attached hydrogens (tertiary/aromatic N) is 3. The number of amides is 1. The molecule has 0 radical (unpaired) electrons. The Balaban J connectivity index is 1.68. The molecule has 2 atom stereocenters. The van der Waals surface area contributed by atoms with Crippen LogP contribution in [0, 0.1) is 20.8 Å². The number of pyridine rings is 1. The molecule has 188 valence electrons. The maximum atomic E-state index is 11.5. The number of rotatable bonds is 5. The third kappa shape index (κ3) is 4.61. The molecule has 37 heavy (non-hydrogen) atoms. The summed E-state index contributed by atoms with van der Waals surface area (Å²) in [5.41, 5.74) is 8.25. The number of nitrogens with one attached hydrogen (secondary N) is 2. The molecule has 1 aliphatic rings. The summed E-state index contributed by atoms with van der Waals surface area (Å²) in [5, 5.41) is 7.69. The third-order valence-corrected chi connectivity index (χ3v) is 7.48. The molecule has 0 spiro atoms. The van der Waals surface area contributed by atoms with Crippen LogP contribution in [-0.4, -0.2) is 20.6 Å². The first-order chi connectivity index (χ1) is 17.8. The van der Waals surface area contributed by atoms with Gasteiger partial charge in [0.15, 0.2) is 5.11 Å². The van der Waals surface area contributed by atoms with Crippen molar-refractivity contribution in [1.29, 1.82) is 0 Å². The Bertz CT molecular complexity index is 1480. The number of halogens is 1. The fourth-order valence-corrected chi connectivity index (χ4v) is 5.81. The van der Waals surface area contributed by atoms with Gasteiger partial charge in [-0.25, -0.2) is 0 Å². The first-order valence-electron chi connectivity index (χ1n) is 12.1. The van der Waals surface area contributed by atoms with Gasteiger partial charge >= 0.3 is 0 Å². The van der Waals surface area contributed by atoms with Gasteiger partial charge in [-0.1, -0.05) is 23.7 Å². The van der Waals surface area contributed by atoms with Crippen LogP contribution in [-0.2, 0) is 4.79 Å². The molecule has 1 amide bonds. The van der Waals surface area contributed by atoms with Crippen LogP contribution in [0.15, 0.2) is 72.9 Å². The zero-order valence-corrected chi connectivity index (χ0v) is 22.7. The van der Waals surface area contributed by atoms with E-state index in [-0.39, 0.29) is 18.0 Å². The van der Waals surface area contributed by atoms with E-state index in [9.17, 15) is 4.79 Å². The van der Waals surface area contributed by atoms with Crippen molar-refractivity contribution < 1.29 is 4.79 Å². The van der Waals surface area contributed by atoms with Crippen LogP contribution >= 0.6 is 23.8 Å². The van der Waals surface area contributed by atoms with Gasteiger partial charge in [-0.3, -0.25) is 9.78 Å². The lowest BCUT2D eigenvalue weighted by Crippen LogP contribution is -2.29. The van der Waals surface area contributed by atoms with Gasteiger partial charge < -0.3 is 20.1 Å². The normalized spacial score (nSPS) is 17.1. The lowest BCUT2D eigenvalue weighted by atomic mass is 9.93. The molecule has 8 heteroatoms. The number of aromatic nitrogens is 2. The number of benzene rings is 2.